The smallest absolute Gasteiger partial charge is 0.306 e. The van der Waals surface area contributed by atoms with Gasteiger partial charge in [0.1, 0.15) is 36.8 Å². The van der Waals surface area contributed by atoms with Crippen molar-refractivity contribution in [2.75, 3.05) is 19.0 Å². The van der Waals surface area contributed by atoms with Gasteiger partial charge in [-0.1, -0.05) is 142 Å². The molecule has 1 aliphatic heterocycles. The molecular formula is C41H76O12S. The molecule has 1 aliphatic rings. The van der Waals surface area contributed by atoms with Crippen LogP contribution in [0.3, 0.4) is 0 Å². The number of ether oxygens (including phenoxy) is 4. The van der Waals surface area contributed by atoms with E-state index in [1.807, 2.05) is 0 Å². The van der Waals surface area contributed by atoms with Gasteiger partial charge in [0.15, 0.2) is 12.4 Å². The van der Waals surface area contributed by atoms with Gasteiger partial charge in [0.25, 0.3) is 10.1 Å². The lowest BCUT2D eigenvalue weighted by Crippen LogP contribution is -2.60. The average Bonchev–Trinajstić information content (AvgIpc) is 3.13. The molecule has 1 saturated heterocycles. The summed E-state index contributed by atoms with van der Waals surface area (Å²) in [4.78, 5) is 25.3. The Hall–Kier alpha value is -1.61. The van der Waals surface area contributed by atoms with E-state index < -0.39 is 71.2 Å². The molecule has 0 aromatic carbocycles. The Balaban J connectivity index is 2.48. The van der Waals surface area contributed by atoms with Gasteiger partial charge in [-0.3, -0.25) is 14.1 Å². The number of carbonyl (C=O) groups is 2. The molecule has 1 rings (SSSR count). The summed E-state index contributed by atoms with van der Waals surface area (Å²) < 4.78 is 53.9. The van der Waals surface area contributed by atoms with E-state index in [1.165, 1.54) is 83.5 Å². The lowest BCUT2D eigenvalue weighted by molar-refractivity contribution is -0.297. The molecule has 0 bridgehead atoms. The van der Waals surface area contributed by atoms with Crippen LogP contribution < -0.4 is 0 Å². The highest BCUT2D eigenvalue weighted by molar-refractivity contribution is 7.85. The van der Waals surface area contributed by atoms with E-state index in [2.05, 4.69) is 26.0 Å². The lowest BCUT2D eigenvalue weighted by atomic mass is 10.00. The zero-order valence-electron chi connectivity index (χ0n) is 33.6. The second kappa shape index (κ2) is 32.5. The molecular weight excluding hydrogens is 717 g/mol. The van der Waals surface area contributed by atoms with E-state index in [0.29, 0.717) is 12.8 Å². The van der Waals surface area contributed by atoms with Crippen LogP contribution in [0.25, 0.3) is 0 Å². The van der Waals surface area contributed by atoms with Crippen molar-refractivity contribution in [3.63, 3.8) is 0 Å². The molecule has 12 nitrogen and oxygen atoms in total. The number of unbranched alkanes of at least 4 members (excludes halogenated alkanes) is 21. The Bertz CT molecular complexity index is 1070. The van der Waals surface area contributed by atoms with Gasteiger partial charge < -0.3 is 34.3 Å². The Morgan fingerprint density at radius 2 is 1.06 bits per heavy atom. The van der Waals surface area contributed by atoms with Crippen molar-refractivity contribution in [3.8, 4) is 0 Å². The summed E-state index contributed by atoms with van der Waals surface area (Å²) in [6.07, 6.45) is 22.6. The van der Waals surface area contributed by atoms with Gasteiger partial charge in [0.05, 0.1) is 6.61 Å². The molecule has 0 radical (unpaired) electrons. The van der Waals surface area contributed by atoms with Crippen LogP contribution in [0, 0.1) is 0 Å². The van der Waals surface area contributed by atoms with Gasteiger partial charge in [-0.2, -0.15) is 8.42 Å². The van der Waals surface area contributed by atoms with Crippen LogP contribution in [0.15, 0.2) is 12.2 Å². The van der Waals surface area contributed by atoms with E-state index in [0.717, 1.165) is 57.8 Å². The molecule has 0 aromatic heterocycles. The van der Waals surface area contributed by atoms with Crippen LogP contribution in [0.5, 0.6) is 0 Å². The second-order valence-electron chi connectivity index (χ2n) is 15.0. The van der Waals surface area contributed by atoms with Crippen LogP contribution in [0.1, 0.15) is 181 Å². The maximum Gasteiger partial charge on any atom is 0.306 e. The number of hydrogen-bond donors (Lipinski definition) is 4. The van der Waals surface area contributed by atoms with Crippen LogP contribution in [-0.2, 0) is 38.7 Å². The summed E-state index contributed by atoms with van der Waals surface area (Å²) in [5.41, 5.74) is 0. The first kappa shape index (κ1) is 50.4. The molecule has 4 N–H and O–H groups in total. The predicted octanol–water partition coefficient (Wildman–Crippen LogP) is 7.89. The van der Waals surface area contributed by atoms with Gasteiger partial charge in [0.2, 0.25) is 0 Å². The largest absolute Gasteiger partial charge is 0.462 e. The monoisotopic (exact) mass is 793 g/mol. The normalized spacial score (nSPS) is 21.0. The lowest BCUT2D eigenvalue weighted by Gasteiger charge is -2.40. The Morgan fingerprint density at radius 1 is 0.611 bits per heavy atom. The summed E-state index contributed by atoms with van der Waals surface area (Å²) in [5.74, 6) is -1.98. The third kappa shape index (κ3) is 27.1. The number of aliphatic hydroxyl groups excluding tert-OH is 3. The van der Waals surface area contributed by atoms with E-state index in [1.54, 1.807) is 0 Å². The van der Waals surface area contributed by atoms with Crippen LogP contribution in [-0.4, -0.2) is 96.0 Å². The second-order valence-corrected chi connectivity index (χ2v) is 16.5. The number of hydrogen-bond acceptors (Lipinski definition) is 11. The van der Waals surface area contributed by atoms with Gasteiger partial charge in [-0.15, -0.1) is 0 Å². The molecule has 0 aliphatic carbocycles. The first-order chi connectivity index (χ1) is 26.0. The molecule has 318 valence electrons. The fraction of sp³-hybridized carbons (Fsp3) is 0.902. The number of rotatable bonds is 35. The van der Waals surface area contributed by atoms with Crippen molar-refractivity contribution in [2.45, 2.75) is 218 Å². The highest BCUT2D eigenvalue weighted by Gasteiger charge is 2.46. The summed E-state index contributed by atoms with van der Waals surface area (Å²) in [7, 11) is -4.60. The maximum atomic E-state index is 12.7. The quantitative estimate of drug-likeness (QED) is 0.0211. The highest BCUT2D eigenvalue weighted by atomic mass is 32.2. The Kier molecular flexibility index (Phi) is 30.3. The van der Waals surface area contributed by atoms with E-state index in [-0.39, 0.29) is 19.4 Å². The third-order valence-electron chi connectivity index (χ3n) is 9.85. The zero-order valence-corrected chi connectivity index (χ0v) is 34.4. The third-order valence-corrected chi connectivity index (χ3v) is 10.6. The van der Waals surface area contributed by atoms with E-state index in [9.17, 15) is 37.9 Å². The summed E-state index contributed by atoms with van der Waals surface area (Å²) >= 11 is 0. The van der Waals surface area contributed by atoms with Crippen molar-refractivity contribution in [1.29, 1.82) is 0 Å². The van der Waals surface area contributed by atoms with Crippen molar-refractivity contribution < 1.29 is 56.8 Å². The summed E-state index contributed by atoms with van der Waals surface area (Å²) in [5, 5.41) is 30.8. The molecule has 0 amide bonds. The van der Waals surface area contributed by atoms with Crippen molar-refractivity contribution in [2.24, 2.45) is 0 Å². The van der Waals surface area contributed by atoms with Crippen molar-refractivity contribution in [1.82, 2.24) is 0 Å². The first-order valence-electron chi connectivity index (χ1n) is 21.2. The molecule has 54 heavy (non-hydrogen) atoms. The molecule has 1 heterocycles. The van der Waals surface area contributed by atoms with Gasteiger partial charge in [-0.25, -0.2) is 0 Å². The number of aliphatic hydroxyl groups is 3. The molecule has 13 heteroatoms. The van der Waals surface area contributed by atoms with Gasteiger partial charge in [-0.05, 0) is 38.5 Å². The predicted molar refractivity (Wildman–Crippen MR) is 210 cm³/mol. The Labute approximate surface area is 326 Å². The fourth-order valence-corrected chi connectivity index (χ4v) is 7.19. The van der Waals surface area contributed by atoms with Crippen molar-refractivity contribution in [3.05, 3.63) is 12.2 Å². The number of allylic oxidation sites excluding steroid dienone is 2. The minimum absolute atomic E-state index is 0.167. The van der Waals surface area contributed by atoms with Crippen LogP contribution in [0.2, 0.25) is 0 Å². The molecule has 0 spiro atoms. The molecule has 1 fully saturated rings. The summed E-state index contributed by atoms with van der Waals surface area (Å²) in [6.45, 7) is 3.73. The topological polar surface area (TPSA) is 186 Å². The highest BCUT2D eigenvalue weighted by Crippen LogP contribution is 2.24. The summed E-state index contributed by atoms with van der Waals surface area (Å²) in [6, 6.07) is 0. The molecule has 2 unspecified atom stereocenters. The number of esters is 2. The van der Waals surface area contributed by atoms with Crippen molar-refractivity contribution >= 4 is 22.1 Å². The average molecular weight is 793 g/mol. The minimum Gasteiger partial charge on any atom is -0.462 e. The minimum atomic E-state index is -4.60. The SMILES string of the molecule is CCCCCCC/C=C/CCCCCCCC(=O)OC[C@H](CO[C@H]1O[C@H](CS(=O)(=O)O)[C@@H](O)C(O)C1O)OC(=O)CCCCCCCCCCCCCC. The molecule has 0 saturated carbocycles. The van der Waals surface area contributed by atoms with E-state index >= 15 is 0 Å². The Morgan fingerprint density at radius 3 is 1.54 bits per heavy atom. The first-order valence-corrected chi connectivity index (χ1v) is 22.9. The van der Waals surface area contributed by atoms with Crippen LogP contribution >= 0.6 is 0 Å². The standard InChI is InChI=1S/C41H76O12S/c1-3-5-7-9-11-13-15-17-18-20-21-23-25-27-29-36(42)50-31-34(32-51-41-40(46)39(45)38(44)35(53-41)33-54(47,48)49)52-37(43)30-28-26-24-22-19-16-14-12-10-8-6-4-2/h15,17,34-35,38-41,44-46H,3-14,16,18-33H2,1-2H3,(H,47,48,49)/b17-15+/t34-,35-,38-,39?,40?,41+/m1/s1. The maximum absolute atomic E-state index is 12.7. The van der Waals surface area contributed by atoms with Crippen LogP contribution in [0.4, 0.5) is 0 Å². The van der Waals surface area contributed by atoms with Gasteiger partial charge >= 0.3 is 11.9 Å². The zero-order chi connectivity index (χ0) is 39.9. The van der Waals surface area contributed by atoms with E-state index in [4.69, 9.17) is 18.9 Å². The number of carbonyl (C=O) groups excluding carboxylic acids is 2. The van der Waals surface area contributed by atoms with Gasteiger partial charge in [0, 0.05) is 12.8 Å². The molecule has 6 atom stereocenters. The molecule has 0 aromatic rings. The fourth-order valence-electron chi connectivity index (χ4n) is 6.49.